The van der Waals surface area contributed by atoms with Gasteiger partial charge >= 0.3 is 5.97 Å². The van der Waals surface area contributed by atoms with Gasteiger partial charge in [-0.05, 0) is 48.7 Å². The molecule has 1 heterocycles. The van der Waals surface area contributed by atoms with E-state index in [0.717, 1.165) is 21.5 Å². The fraction of sp³-hybridized carbons (Fsp3) is 0.0556. The monoisotopic (exact) mass is 324 g/mol. The molecule has 1 aromatic heterocycles. The number of rotatable bonds is 4. The number of pyridine rings is 1. The number of nitrogens with one attached hydrogen (secondary N) is 1. The van der Waals surface area contributed by atoms with Crippen LogP contribution in [-0.2, 0) is 0 Å². The van der Waals surface area contributed by atoms with Crippen LogP contribution in [0.2, 0.25) is 0 Å². The van der Waals surface area contributed by atoms with Gasteiger partial charge in [0.15, 0.2) is 0 Å². The van der Waals surface area contributed by atoms with Crippen molar-refractivity contribution in [1.29, 1.82) is 0 Å². The molecule has 3 aromatic rings. The second-order valence-electron chi connectivity index (χ2n) is 4.89. The summed E-state index contributed by atoms with van der Waals surface area (Å²) in [7, 11) is -0.323. The second-order valence-corrected chi connectivity index (χ2v) is 6.68. The average molecular weight is 324 g/mol. The summed E-state index contributed by atoms with van der Waals surface area (Å²) < 4.78 is 3.44. The quantitative estimate of drug-likeness (QED) is 0.698. The van der Waals surface area contributed by atoms with Crippen LogP contribution in [0.15, 0.2) is 65.7 Å². The van der Waals surface area contributed by atoms with Gasteiger partial charge in [0.05, 0.1) is 11.1 Å². The van der Waals surface area contributed by atoms with Crippen molar-refractivity contribution in [3.05, 3.63) is 66.4 Å². The predicted molar refractivity (Wildman–Crippen MR) is 96.4 cm³/mol. The molecule has 0 fully saturated rings. The number of carboxylic acid groups (broad SMARTS) is 1. The summed E-state index contributed by atoms with van der Waals surface area (Å²) in [4.78, 5) is 16.5. The van der Waals surface area contributed by atoms with Crippen LogP contribution < -0.4 is 4.72 Å². The zero-order chi connectivity index (χ0) is 16.2. The highest BCUT2D eigenvalue weighted by molar-refractivity contribution is 8.16. The number of carboxylic acids is 1. The van der Waals surface area contributed by atoms with E-state index in [1.54, 1.807) is 30.5 Å². The molecule has 23 heavy (non-hydrogen) atoms. The lowest BCUT2D eigenvalue weighted by molar-refractivity contribution is 0.0697. The Labute approximate surface area is 136 Å². The number of hydrogen-bond acceptors (Lipinski definition) is 3. The molecule has 5 heteroatoms. The summed E-state index contributed by atoms with van der Waals surface area (Å²) in [5.74, 6) is -0.921. The maximum atomic E-state index is 10.9. The van der Waals surface area contributed by atoms with Crippen LogP contribution in [0.4, 0.5) is 5.69 Å². The number of anilines is 1. The first-order chi connectivity index (χ1) is 11.2. The van der Waals surface area contributed by atoms with E-state index in [0.29, 0.717) is 0 Å². The molecule has 0 aliphatic heterocycles. The molecule has 116 valence electrons. The predicted octanol–water partition coefficient (Wildman–Crippen LogP) is 4.41. The van der Waals surface area contributed by atoms with Crippen LogP contribution in [0.5, 0.6) is 0 Å². The molecule has 0 spiro atoms. The van der Waals surface area contributed by atoms with E-state index in [-0.39, 0.29) is 16.2 Å². The Morgan fingerprint density at radius 2 is 1.87 bits per heavy atom. The summed E-state index contributed by atoms with van der Waals surface area (Å²) in [6, 6.07) is 16.9. The first kappa shape index (κ1) is 15.2. The largest absolute Gasteiger partial charge is 0.478 e. The van der Waals surface area contributed by atoms with Crippen molar-refractivity contribution < 1.29 is 9.90 Å². The maximum Gasteiger partial charge on any atom is 0.335 e. The Kier molecular flexibility index (Phi) is 4.39. The lowest BCUT2D eigenvalue weighted by atomic mass is 10.2. The van der Waals surface area contributed by atoms with E-state index < -0.39 is 5.97 Å². The van der Waals surface area contributed by atoms with Crippen molar-refractivity contribution in [3.8, 4) is 0 Å². The van der Waals surface area contributed by atoms with Gasteiger partial charge < -0.3 is 9.83 Å². The Morgan fingerprint density at radius 1 is 1.13 bits per heavy atom. The van der Waals surface area contributed by atoms with Crippen molar-refractivity contribution in [2.24, 2.45) is 0 Å². The molecular weight excluding hydrogens is 308 g/mol. The van der Waals surface area contributed by atoms with Gasteiger partial charge in [-0.25, -0.2) is 4.79 Å². The van der Waals surface area contributed by atoms with Gasteiger partial charge in [0, 0.05) is 22.2 Å². The third kappa shape index (κ3) is 3.24. The normalized spacial score (nSPS) is 12.2. The van der Waals surface area contributed by atoms with E-state index in [1.165, 1.54) is 0 Å². The van der Waals surface area contributed by atoms with Crippen LogP contribution in [-0.4, -0.2) is 21.4 Å². The van der Waals surface area contributed by atoms with Gasteiger partial charge in [-0.2, -0.15) is 0 Å². The molecule has 1 atom stereocenters. The van der Waals surface area contributed by atoms with Gasteiger partial charge in [0.2, 0.25) is 0 Å². The van der Waals surface area contributed by atoms with Gasteiger partial charge in [-0.1, -0.05) is 28.9 Å². The van der Waals surface area contributed by atoms with Gasteiger partial charge in [-0.3, -0.25) is 4.98 Å². The van der Waals surface area contributed by atoms with Gasteiger partial charge in [0.25, 0.3) is 0 Å². The molecular formula is C18H16N2O2S. The zero-order valence-electron chi connectivity index (χ0n) is 12.6. The second kappa shape index (κ2) is 6.62. The van der Waals surface area contributed by atoms with Crippen molar-refractivity contribution in [3.63, 3.8) is 0 Å². The summed E-state index contributed by atoms with van der Waals surface area (Å²) in [6.45, 7) is 2.00. The molecule has 1 unspecified atom stereocenters. The molecule has 0 aliphatic rings. The molecule has 0 amide bonds. The Morgan fingerprint density at radius 3 is 2.57 bits per heavy atom. The maximum absolute atomic E-state index is 10.9. The minimum absolute atomic E-state index is 0.280. The molecule has 0 bridgehead atoms. The van der Waals surface area contributed by atoms with E-state index in [1.807, 2.05) is 31.2 Å². The number of carbonyl (C=O) groups is 1. The molecule has 0 radical (unpaired) electrons. The number of fused-ring (bicyclic) bond motifs is 1. The van der Waals surface area contributed by atoms with E-state index in [9.17, 15) is 4.79 Å². The fourth-order valence-electron chi connectivity index (χ4n) is 2.30. The molecule has 4 nitrogen and oxygen atoms in total. The van der Waals surface area contributed by atoms with E-state index in [2.05, 4.69) is 21.1 Å². The minimum atomic E-state index is -0.921. The van der Waals surface area contributed by atoms with Gasteiger partial charge in [-0.15, -0.1) is 0 Å². The highest BCUT2D eigenvalue weighted by Gasteiger charge is 2.07. The summed E-state index contributed by atoms with van der Waals surface area (Å²) >= 11 is 0. The third-order valence-electron chi connectivity index (χ3n) is 3.43. The fourth-order valence-corrected chi connectivity index (χ4v) is 3.78. The highest BCUT2D eigenvalue weighted by Crippen LogP contribution is 2.32. The first-order valence-corrected chi connectivity index (χ1v) is 8.44. The number of para-hydroxylation sites is 1. The van der Waals surface area contributed by atoms with Crippen molar-refractivity contribution in [2.45, 2.75) is 11.8 Å². The van der Waals surface area contributed by atoms with Crippen LogP contribution >= 0.6 is 10.7 Å². The van der Waals surface area contributed by atoms with Crippen molar-refractivity contribution >= 4 is 38.6 Å². The lowest BCUT2D eigenvalue weighted by Crippen LogP contribution is -1.97. The number of hydrogen-bond donors (Lipinski definition) is 2. The van der Waals surface area contributed by atoms with Crippen LogP contribution in [0, 0.1) is 0 Å². The number of aromatic carboxylic acids is 1. The number of nitrogens with zero attached hydrogens (tertiary/aromatic N) is 1. The van der Waals surface area contributed by atoms with Crippen LogP contribution in [0.25, 0.3) is 10.9 Å². The van der Waals surface area contributed by atoms with Crippen molar-refractivity contribution in [1.82, 2.24) is 4.98 Å². The minimum Gasteiger partial charge on any atom is -0.478 e. The smallest absolute Gasteiger partial charge is 0.335 e. The molecule has 0 aliphatic carbocycles. The molecule has 2 aromatic carbocycles. The molecule has 2 N–H and O–H groups in total. The van der Waals surface area contributed by atoms with Crippen LogP contribution in [0.3, 0.4) is 0 Å². The Hall–Kier alpha value is -2.66. The molecule has 3 rings (SSSR count). The topological polar surface area (TPSA) is 62.2 Å². The Bertz CT molecular complexity index is 884. The van der Waals surface area contributed by atoms with E-state index in [4.69, 9.17) is 5.11 Å². The highest BCUT2D eigenvalue weighted by atomic mass is 32.2. The average Bonchev–Trinajstić information content (AvgIpc) is 2.59. The Balaban J connectivity index is 1.95. The van der Waals surface area contributed by atoms with Crippen LogP contribution in [0.1, 0.15) is 17.3 Å². The SMILES string of the molecule is C/C=S(/Nc1ccc(C(=O)O)cc1)c1cccc2cccnc12. The first-order valence-electron chi connectivity index (χ1n) is 7.15. The van der Waals surface area contributed by atoms with Gasteiger partial charge in [0.1, 0.15) is 0 Å². The number of benzene rings is 2. The van der Waals surface area contributed by atoms with E-state index >= 15 is 0 Å². The summed E-state index contributed by atoms with van der Waals surface area (Å²) in [5.41, 5.74) is 2.14. The lowest BCUT2D eigenvalue weighted by Gasteiger charge is -2.14. The standard InChI is InChI=1S/C18H16N2O2S/c1-2-23(20-15-10-8-14(9-11-15)18(21)22)16-7-3-5-13-6-4-12-19-17(13)16/h2-12,20H,1H3,(H,21,22). The number of aromatic nitrogens is 1. The molecule has 0 saturated carbocycles. The summed E-state index contributed by atoms with van der Waals surface area (Å²) in [6.07, 6.45) is 1.80. The summed E-state index contributed by atoms with van der Waals surface area (Å²) in [5, 5.41) is 12.2. The van der Waals surface area contributed by atoms with Crippen molar-refractivity contribution in [2.75, 3.05) is 4.72 Å². The third-order valence-corrected chi connectivity index (χ3v) is 5.16. The zero-order valence-corrected chi connectivity index (χ0v) is 13.4. The molecule has 0 saturated heterocycles.